The van der Waals surface area contributed by atoms with Crippen molar-refractivity contribution in [1.82, 2.24) is 14.9 Å². The Bertz CT molecular complexity index is 833. The Balaban J connectivity index is 1.92. The highest BCUT2D eigenvalue weighted by Gasteiger charge is 2.22. The zero-order chi connectivity index (χ0) is 20.1. The maximum Gasteiger partial charge on any atom is 0.272 e. The number of likely N-dealkylation sites (tertiary alicyclic amines) is 1. The number of aromatic nitrogens is 2. The molecular weight excluding hydrogens is 416 g/mol. The molecule has 1 fully saturated rings. The molecule has 0 radical (unpaired) electrons. The summed E-state index contributed by atoms with van der Waals surface area (Å²) in [5, 5.41) is 0. The highest BCUT2D eigenvalue weighted by molar-refractivity contribution is 9.10. The van der Waals surface area contributed by atoms with Crippen molar-refractivity contribution in [3.05, 3.63) is 45.7 Å². The molecule has 0 atom stereocenters. The van der Waals surface area contributed by atoms with Crippen molar-refractivity contribution in [2.45, 2.75) is 52.9 Å². The van der Waals surface area contributed by atoms with Crippen molar-refractivity contribution in [3.8, 4) is 0 Å². The van der Waals surface area contributed by atoms with Crippen LogP contribution in [-0.2, 0) is 6.42 Å². The van der Waals surface area contributed by atoms with Crippen molar-refractivity contribution in [1.29, 1.82) is 0 Å². The predicted molar refractivity (Wildman–Crippen MR) is 117 cm³/mol. The number of benzene rings is 1. The number of anilines is 2. The molecule has 3 rings (SSSR count). The van der Waals surface area contributed by atoms with Crippen LogP contribution < -0.4 is 4.90 Å². The number of amides is 1. The second-order valence-corrected chi connectivity index (χ2v) is 8.18. The Kier molecular flexibility index (Phi) is 7.05. The standard InChI is InChI=1S/C22H29BrN4O/c1-4-9-17-10-11-20(18(23)15-17)27(5-2)22-24-16(3)14-19(25-22)21(28)26-12-7-6-8-13-26/h10-11,14-15H,4-9,12-13H2,1-3H3. The van der Waals surface area contributed by atoms with Gasteiger partial charge in [0.1, 0.15) is 5.69 Å². The minimum atomic E-state index is 0.0138. The van der Waals surface area contributed by atoms with E-state index in [4.69, 9.17) is 0 Å². The van der Waals surface area contributed by atoms with E-state index < -0.39 is 0 Å². The fourth-order valence-corrected chi connectivity index (χ4v) is 4.32. The zero-order valence-corrected chi connectivity index (χ0v) is 18.6. The van der Waals surface area contributed by atoms with E-state index in [0.29, 0.717) is 18.2 Å². The molecule has 1 saturated heterocycles. The first-order chi connectivity index (χ1) is 13.5. The van der Waals surface area contributed by atoms with Crippen LogP contribution in [0.4, 0.5) is 11.6 Å². The van der Waals surface area contributed by atoms with Gasteiger partial charge in [-0.25, -0.2) is 9.97 Å². The zero-order valence-electron chi connectivity index (χ0n) is 17.0. The SMILES string of the molecule is CCCc1ccc(N(CC)c2nc(C)cc(C(=O)N3CCCCC3)n2)c(Br)c1. The van der Waals surface area contributed by atoms with Crippen LogP contribution in [0.15, 0.2) is 28.7 Å². The van der Waals surface area contributed by atoms with Gasteiger partial charge in [-0.15, -0.1) is 0 Å². The van der Waals surface area contributed by atoms with Gasteiger partial charge in [0.2, 0.25) is 5.95 Å². The third-order valence-electron chi connectivity index (χ3n) is 5.10. The lowest BCUT2D eigenvalue weighted by atomic mass is 10.1. The number of halogens is 1. The maximum atomic E-state index is 12.9. The van der Waals surface area contributed by atoms with Crippen molar-refractivity contribution in [2.24, 2.45) is 0 Å². The van der Waals surface area contributed by atoms with E-state index in [-0.39, 0.29) is 5.91 Å². The van der Waals surface area contributed by atoms with E-state index in [1.165, 1.54) is 12.0 Å². The van der Waals surface area contributed by atoms with Gasteiger partial charge >= 0.3 is 0 Å². The molecule has 1 aromatic carbocycles. The fraction of sp³-hybridized carbons (Fsp3) is 0.500. The minimum Gasteiger partial charge on any atom is -0.337 e. The average Bonchev–Trinajstić information content (AvgIpc) is 2.70. The predicted octanol–water partition coefficient (Wildman–Crippen LogP) is 5.28. The molecule has 0 bridgehead atoms. The molecule has 1 aliphatic rings. The lowest BCUT2D eigenvalue weighted by Crippen LogP contribution is -2.36. The van der Waals surface area contributed by atoms with Crippen molar-refractivity contribution in [2.75, 3.05) is 24.5 Å². The molecule has 0 aliphatic carbocycles. The Hall–Kier alpha value is -1.95. The number of hydrogen-bond donors (Lipinski definition) is 0. The number of nitrogens with zero attached hydrogens (tertiary/aromatic N) is 4. The lowest BCUT2D eigenvalue weighted by Gasteiger charge is -2.27. The third-order valence-corrected chi connectivity index (χ3v) is 5.74. The van der Waals surface area contributed by atoms with Gasteiger partial charge in [-0.1, -0.05) is 19.4 Å². The van der Waals surface area contributed by atoms with Gasteiger partial charge in [-0.2, -0.15) is 0 Å². The van der Waals surface area contributed by atoms with Crippen LogP contribution in [-0.4, -0.2) is 40.4 Å². The number of carbonyl (C=O) groups excluding carboxylic acids is 1. The van der Waals surface area contributed by atoms with Gasteiger partial charge in [-0.3, -0.25) is 4.79 Å². The number of rotatable bonds is 6. The van der Waals surface area contributed by atoms with Gasteiger partial charge in [0, 0.05) is 29.8 Å². The number of hydrogen-bond acceptors (Lipinski definition) is 4. The fourth-order valence-electron chi connectivity index (χ4n) is 3.68. The van der Waals surface area contributed by atoms with E-state index in [9.17, 15) is 4.79 Å². The van der Waals surface area contributed by atoms with Crippen molar-refractivity contribution < 1.29 is 4.79 Å². The molecule has 1 aromatic heterocycles. The summed E-state index contributed by atoms with van der Waals surface area (Å²) in [5.74, 6) is 0.590. The summed E-state index contributed by atoms with van der Waals surface area (Å²) < 4.78 is 1.02. The Morgan fingerprint density at radius 2 is 1.89 bits per heavy atom. The number of aryl methyl sites for hydroxylation is 2. The molecule has 5 nitrogen and oxygen atoms in total. The van der Waals surface area contributed by atoms with Crippen LogP contribution in [0.3, 0.4) is 0 Å². The number of carbonyl (C=O) groups is 1. The van der Waals surface area contributed by atoms with Crippen molar-refractivity contribution in [3.63, 3.8) is 0 Å². The van der Waals surface area contributed by atoms with Crippen LogP contribution in [0, 0.1) is 6.92 Å². The van der Waals surface area contributed by atoms with Gasteiger partial charge < -0.3 is 9.80 Å². The molecule has 1 amide bonds. The lowest BCUT2D eigenvalue weighted by molar-refractivity contribution is 0.0718. The molecule has 150 valence electrons. The van der Waals surface area contributed by atoms with Gasteiger partial charge in [-0.05, 0) is 79.2 Å². The molecule has 2 heterocycles. The minimum absolute atomic E-state index is 0.0138. The molecule has 0 spiro atoms. The maximum absolute atomic E-state index is 12.9. The molecule has 2 aromatic rings. The molecule has 1 aliphatic heterocycles. The molecular formula is C22H29BrN4O. The molecule has 0 saturated carbocycles. The largest absolute Gasteiger partial charge is 0.337 e. The smallest absolute Gasteiger partial charge is 0.272 e. The van der Waals surface area contributed by atoms with Gasteiger partial charge in [0.15, 0.2) is 0 Å². The normalized spacial score (nSPS) is 14.2. The van der Waals surface area contributed by atoms with Crippen LogP contribution in [0.25, 0.3) is 0 Å². The quantitative estimate of drug-likeness (QED) is 0.607. The van der Waals surface area contributed by atoms with E-state index in [0.717, 1.165) is 54.6 Å². The highest BCUT2D eigenvalue weighted by Crippen LogP contribution is 2.32. The number of piperidine rings is 1. The van der Waals surface area contributed by atoms with E-state index in [2.05, 4.69) is 62.8 Å². The summed E-state index contributed by atoms with van der Waals surface area (Å²) in [6.45, 7) is 8.53. The highest BCUT2D eigenvalue weighted by atomic mass is 79.9. The summed E-state index contributed by atoms with van der Waals surface area (Å²) in [5.41, 5.74) is 3.62. The van der Waals surface area contributed by atoms with Crippen LogP contribution in [0.5, 0.6) is 0 Å². The molecule has 0 unspecified atom stereocenters. The van der Waals surface area contributed by atoms with E-state index in [1.54, 1.807) is 6.07 Å². The summed E-state index contributed by atoms with van der Waals surface area (Å²) in [6.07, 6.45) is 5.51. The Labute approximate surface area is 176 Å². The Morgan fingerprint density at radius 1 is 1.14 bits per heavy atom. The van der Waals surface area contributed by atoms with Crippen molar-refractivity contribution >= 4 is 33.5 Å². The van der Waals surface area contributed by atoms with Gasteiger partial charge in [0.05, 0.1) is 5.69 Å². The second-order valence-electron chi connectivity index (χ2n) is 7.33. The first-order valence-corrected chi connectivity index (χ1v) is 11.0. The second kappa shape index (κ2) is 9.50. The van der Waals surface area contributed by atoms with Crippen LogP contribution in [0.2, 0.25) is 0 Å². The topological polar surface area (TPSA) is 49.3 Å². The summed E-state index contributed by atoms with van der Waals surface area (Å²) >= 11 is 3.71. The third kappa shape index (κ3) is 4.72. The summed E-state index contributed by atoms with van der Waals surface area (Å²) in [6, 6.07) is 8.23. The Morgan fingerprint density at radius 3 is 2.54 bits per heavy atom. The molecule has 0 N–H and O–H groups in total. The summed E-state index contributed by atoms with van der Waals surface area (Å²) in [4.78, 5) is 26.2. The average molecular weight is 445 g/mol. The first kappa shape index (κ1) is 20.8. The summed E-state index contributed by atoms with van der Waals surface area (Å²) in [7, 11) is 0. The van der Waals surface area contributed by atoms with Crippen LogP contribution >= 0.6 is 15.9 Å². The molecule has 6 heteroatoms. The van der Waals surface area contributed by atoms with Gasteiger partial charge in [0.25, 0.3) is 5.91 Å². The van der Waals surface area contributed by atoms with Crippen LogP contribution in [0.1, 0.15) is 61.3 Å². The van der Waals surface area contributed by atoms with E-state index in [1.807, 2.05) is 11.8 Å². The molecule has 28 heavy (non-hydrogen) atoms. The monoisotopic (exact) mass is 444 g/mol. The first-order valence-electron chi connectivity index (χ1n) is 10.2. The van der Waals surface area contributed by atoms with E-state index >= 15 is 0 Å².